The van der Waals surface area contributed by atoms with Crippen LogP contribution >= 0.6 is 0 Å². The predicted octanol–water partition coefficient (Wildman–Crippen LogP) is 8.38. The highest BCUT2D eigenvalue weighted by Crippen LogP contribution is 2.66. The summed E-state index contributed by atoms with van der Waals surface area (Å²) in [6, 6.07) is 6.91. The van der Waals surface area contributed by atoms with Crippen molar-refractivity contribution < 1.29 is 22.1 Å². The summed E-state index contributed by atoms with van der Waals surface area (Å²) in [6.45, 7) is 18.9. The van der Waals surface area contributed by atoms with Gasteiger partial charge in [0.05, 0.1) is 17.6 Å². The van der Waals surface area contributed by atoms with Gasteiger partial charge in [-0.25, -0.2) is 0 Å². The Hall–Kier alpha value is -1.47. The number of hydrogen-bond donors (Lipinski definition) is 0. The molecule has 0 radical (unpaired) electrons. The zero-order valence-corrected chi connectivity index (χ0v) is 27.4. The molecule has 5 rings (SSSR count). The molecule has 1 saturated carbocycles. The Labute approximate surface area is 249 Å². The summed E-state index contributed by atoms with van der Waals surface area (Å²) in [4.78, 5) is 0.236. The van der Waals surface area contributed by atoms with Gasteiger partial charge in [0.2, 0.25) is 0 Å². The lowest BCUT2D eigenvalue weighted by Gasteiger charge is -2.60. The molecule has 0 heterocycles. The van der Waals surface area contributed by atoms with Crippen LogP contribution in [0, 0.1) is 40.9 Å². The van der Waals surface area contributed by atoms with Gasteiger partial charge in [0, 0.05) is 6.61 Å². The summed E-state index contributed by atoms with van der Waals surface area (Å²) in [5.74, 6) is 1.11. The molecule has 6 heteroatoms. The third kappa shape index (κ3) is 5.41. The van der Waals surface area contributed by atoms with Crippen molar-refractivity contribution in [2.45, 2.75) is 118 Å². The quantitative estimate of drug-likeness (QED) is 0.215. The number of hydrogen-bond acceptors (Lipinski definition) is 5. The topological polar surface area (TPSA) is 61.8 Å². The fourth-order valence-corrected chi connectivity index (χ4v) is 10.4. The van der Waals surface area contributed by atoms with Crippen LogP contribution in [-0.2, 0) is 23.8 Å². The first-order valence-electron chi connectivity index (χ1n) is 15.9. The van der Waals surface area contributed by atoms with Gasteiger partial charge in [0.25, 0.3) is 10.1 Å². The van der Waals surface area contributed by atoms with Crippen LogP contribution in [0.5, 0.6) is 0 Å². The first kappa shape index (κ1) is 31.0. The molecule has 0 N–H and O–H groups in total. The van der Waals surface area contributed by atoms with Crippen LogP contribution in [-0.4, -0.2) is 34.0 Å². The molecule has 1 unspecified atom stereocenters. The minimum absolute atomic E-state index is 0.0706. The Bertz CT molecular complexity index is 1290. The molecular weight excluding hydrogens is 532 g/mol. The zero-order valence-electron chi connectivity index (χ0n) is 26.6. The maximum Gasteiger partial charge on any atom is 0.296 e. The van der Waals surface area contributed by atoms with E-state index in [9.17, 15) is 8.42 Å². The van der Waals surface area contributed by atoms with E-state index in [2.05, 4.69) is 40.7 Å². The van der Waals surface area contributed by atoms with E-state index >= 15 is 0 Å². The molecule has 4 aliphatic rings. The van der Waals surface area contributed by atoms with Crippen molar-refractivity contribution >= 4 is 10.1 Å². The largest absolute Gasteiger partial charge is 0.353 e. The van der Waals surface area contributed by atoms with Crippen LogP contribution in [0.3, 0.4) is 0 Å². The van der Waals surface area contributed by atoms with Gasteiger partial charge in [0.1, 0.15) is 0 Å². The minimum Gasteiger partial charge on any atom is -0.353 e. The second kappa shape index (κ2) is 11.2. The Kier molecular flexibility index (Phi) is 8.48. The molecule has 5 nitrogen and oxygen atoms in total. The second-order valence-electron chi connectivity index (χ2n) is 14.4. The summed E-state index contributed by atoms with van der Waals surface area (Å²) in [6.07, 6.45) is 10.4. The SMILES string of the molecule is CCOC(C)O[C@H]1CC[C@]2(C)C3=C(CC[C@H]2C1(C)C)C1=CC[C@H]([C@H](C)COS(=O)(=O)c2ccc(C)cc2)[C@@]1(C)CC3. The van der Waals surface area contributed by atoms with E-state index in [0.717, 1.165) is 44.1 Å². The van der Waals surface area contributed by atoms with E-state index in [1.165, 1.54) is 6.42 Å². The Morgan fingerprint density at radius 3 is 2.37 bits per heavy atom. The monoisotopic (exact) mass is 584 g/mol. The van der Waals surface area contributed by atoms with Crippen molar-refractivity contribution in [1.29, 1.82) is 0 Å². The van der Waals surface area contributed by atoms with E-state index in [0.29, 0.717) is 18.4 Å². The lowest BCUT2D eigenvalue weighted by atomic mass is 9.46. The van der Waals surface area contributed by atoms with Gasteiger partial charge in [-0.1, -0.05) is 64.0 Å². The Balaban J connectivity index is 1.31. The number of benzene rings is 1. The molecule has 0 aliphatic heterocycles. The van der Waals surface area contributed by atoms with E-state index in [1.54, 1.807) is 28.9 Å². The third-order valence-electron chi connectivity index (χ3n) is 11.6. The summed E-state index contributed by atoms with van der Waals surface area (Å²) < 4.78 is 43.7. The molecule has 1 aromatic rings. The van der Waals surface area contributed by atoms with Crippen molar-refractivity contribution in [1.82, 2.24) is 0 Å². The first-order valence-corrected chi connectivity index (χ1v) is 17.3. The average Bonchev–Trinajstić information content (AvgIpc) is 3.27. The summed E-state index contributed by atoms with van der Waals surface area (Å²) in [5, 5.41) is 0. The molecule has 4 aliphatic carbocycles. The van der Waals surface area contributed by atoms with Crippen molar-refractivity contribution in [3.63, 3.8) is 0 Å². The van der Waals surface area contributed by atoms with Crippen LogP contribution in [0.15, 0.2) is 52.0 Å². The molecule has 1 aromatic carbocycles. The molecule has 0 saturated heterocycles. The highest BCUT2D eigenvalue weighted by atomic mass is 32.2. The zero-order chi connectivity index (χ0) is 29.8. The standard InChI is InChI=1S/C35H52O5S/c1-9-38-25(4)40-32-19-21-35(8)30-18-20-34(7)28(15-16-29(34)27(30)14-17-31(35)33(32,5)6)24(3)22-39-41(36,37)26-12-10-23(2)11-13-26/h10-13,16,24-25,28,31-32H,9,14-15,17-22H2,1-8H3/t24-,25?,28-,31+,32+,34-,35-/m1/s1. The molecule has 7 atom stereocenters. The maximum absolute atomic E-state index is 12.9. The molecule has 0 bridgehead atoms. The van der Waals surface area contributed by atoms with Crippen LogP contribution in [0.4, 0.5) is 0 Å². The smallest absolute Gasteiger partial charge is 0.296 e. The second-order valence-corrected chi connectivity index (χ2v) is 16.0. The fraction of sp³-hybridized carbons (Fsp3) is 0.714. The maximum atomic E-state index is 12.9. The molecular formula is C35H52O5S. The van der Waals surface area contributed by atoms with Crippen molar-refractivity contribution in [2.24, 2.45) is 34.0 Å². The van der Waals surface area contributed by atoms with Gasteiger partial charge in [0.15, 0.2) is 6.29 Å². The van der Waals surface area contributed by atoms with Gasteiger partial charge in [-0.3, -0.25) is 4.18 Å². The molecule has 0 amide bonds. The number of rotatable bonds is 9. The molecule has 0 aromatic heterocycles. The Morgan fingerprint density at radius 2 is 1.68 bits per heavy atom. The van der Waals surface area contributed by atoms with Crippen molar-refractivity contribution in [2.75, 3.05) is 13.2 Å². The number of fused-ring (bicyclic) bond motifs is 4. The number of ether oxygens (including phenoxy) is 2. The molecule has 41 heavy (non-hydrogen) atoms. The third-order valence-corrected chi connectivity index (χ3v) is 12.9. The van der Waals surface area contributed by atoms with E-state index in [1.807, 2.05) is 32.9 Å². The summed E-state index contributed by atoms with van der Waals surface area (Å²) >= 11 is 0. The van der Waals surface area contributed by atoms with Crippen LogP contribution in [0.2, 0.25) is 0 Å². The lowest BCUT2D eigenvalue weighted by molar-refractivity contribution is -0.214. The summed E-state index contributed by atoms with van der Waals surface area (Å²) in [5.41, 5.74) is 6.26. The van der Waals surface area contributed by atoms with Crippen molar-refractivity contribution in [3.8, 4) is 0 Å². The van der Waals surface area contributed by atoms with Crippen LogP contribution in [0.1, 0.15) is 99.0 Å². The van der Waals surface area contributed by atoms with E-state index < -0.39 is 10.1 Å². The first-order chi connectivity index (χ1) is 19.2. The Morgan fingerprint density at radius 1 is 0.976 bits per heavy atom. The average molecular weight is 585 g/mol. The molecule has 228 valence electrons. The van der Waals surface area contributed by atoms with Gasteiger partial charge in [-0.15, -0.1) is 0 Å². The van der Waals surface area contributed by atoms with Crippen LogP contribution < -0.4 is 0 Å². The molecule has 1 fully saturated rings. The van der Waals surface area contributed by atoms with Crippen LogP contribution in [0.25, 0.3) is 0 Å². The van der Waals surface area contributed by atoms with Crippen molar-refractivity contribution in [3.05, 3.63) is 52.6 Å². The number of allylic oxidation sites excluding steroid dienone is 4. The van der Waals surface area contributed by atoms with E-state index in [-0.39, 0.29) is 46.1 Å². The minimum atomic E-state index is -3.76. The van der Waals surface area contributed by atoms with Gasteiger partial charge in [-0.2, -0.15) is 8.42 Å². The normalized spacial score (nSPS) is 34.3. The van der Waals surface area contributed by atoms with Gasteiger partial charge in [-0.05, 0) is 123 Å². The van der Waals surface area contributed by atoms with Gasteiger partial charge >= 0.3 is 0 Å². The lowest BCUT2D eigenvalue weighted by Crippen LogP contribution is -2.54. The highest BCUT2D eigenvalue weighted by Gasteiger charge is 2.58. The summed E-state index contributed by atoms with van der Waals surface area (Å²) in [7, 11) is -3.76. The number of aryl methyl sites for hydroxylation is 1. The van der Waals surface area contributed by atoms with E-state index in [4.69, 9.17) is 13.7 Å². The van der Waals surface area contributed by atoms with Gasteiger partial charge < -0.3 is 9.47 Å². The fourth-order valence-electron chi connectivity index (χ4n) is 9.40. The molecule has 0 spiro atoms. The highest BCUT2D eigenvalue weighted by molar-refractivity contribution is 7.86. The predicted molar refractivity (Wildman–Crippen MR) is 164 cm³/mol.